The SMILES string of the molecule is CC1(C)CCC(CN2CCN(c3ccc(C(=O)NS(=O)(=O)c4ccc(NC[C@H]5CCN(C6CCOCC6)C5)c([N+](=O)[O-])c4)c(Oc4cnc5[nH]ccc5c4)c3)CC2)=C(c2ccc(Cl)cc2)C1. The van der Waals surface area contributed by atoms with Crippen LogP contribution in [-0.4, -0.2) is 111 Å². The highest BCUT2D eigenvalue weighted by Crippen LogP contribution is 2.43. The molecule has 1 amide bonds. The van der Waals surface area contributed by atoms with E-state index in [-0.39, 0.29) is 28.3 Å². The molecule has 3 N–H and O–H groups in total. The summed E-state index contributed by atoms with van der Waals surface area (Å²) >= 11 is 6.25. The second kappa shape index (κ2) is 19.4. The standard InChI is InChI=1S/C49H57ClN8O7S/c1-49(2)16-11-36(43(28-49)34-3-5-37(50)6-4-34)32-55-19-21-56(22-20-55)39-7-9-42(46(26-39)65-40-25-35-12-17-51-47(35)53-30-40)48(59)54-66(62,63)41-8-10-44(45(27-41)58(60)61)52-29-33-13-18-57(31-33)38-14-23-64-24-15-38/h3-10,12,17,25-27,30,33,38,52H,11,13-16,18-24,28-29,31-32H2,1-2H3,(H,51,53)(H,54,59)/t33-/m1/s1. The van der Waals surface area contributed by atoms with E-state index in [9.17, 15) is 23.3 Å². The highest BCUT2D eigenvalue weighted by atomic mass is 35.5. The second-order valence-corrected chi connectivity index (χ2v) is 20.9. The zero-order valence-electron chi connectivity index (χ0n) is 37.4. The van der Waals surface area contributed by atoms with E-state index in [4.69, 9.17) is 21.1 Å². The molecule has 3 aliphatic heterocycles. The van der Waals surface area contributed by atoms with Crippen molar-refractivity contribution in [3.8, 4) is 11.5 Å². The number of benzene rings is 3. The lowest BCUT2D eigenvalue weighted by Gasteiger charge is -2.39. The van der Waals surface area contributed by atoms with Crippen molar-refractivity contribution >= 4 is 61.2 Å². The monoisotopic (exact) mass is 936 g/mol. The van der Waals surface area contributed by atoms with E-state index in [0.29, 0.717) is 24.0 Å². The predicted octanol–water partition coefficient (Wildman–Crippen LogP) is 8.73. The first-order valence-electron chi connectivity index (χ1n) is 22.9. The number of fused-ring (bicyclic) bond motifs is 1. The van der Waals surface area contributed by atoms with Gasteiger partial charge in [0, 0.05) is 99.5 Å². The summed E-state index contributed by atoms with van der Waals surface area (Å²) in [6.45, 7) is 12.5. The molecule has 1 aliphatic carbocycles. The minimum atomic E-state index is -4.57. The first-order chi connectivity index (χ1) is 31.8. The molecule has 0 radical (unpaired) electrons. The van der Waals surface area contributed by atoms with Crippen molar-refractivity contribution in [3.05, 3.63) is 117 Å². The first-order valence-corrected chi connectivity index (χ1v) is 24.7. The summed E-state index contributed by atoms with van der Waals surface area (Å²) in [7, 11) is -4.57. The molecule has 5 aromatic rings. The van der Waals surface area contributed by atoms with E-state index in [1.54, 1.807) is 30.5 Å². The van der Waals surface area contributed by atoms with Gasteiger partial charge in [-0.15, -0.1) is 0 Å². The van der Waals surface area contributed by atoms with Gasteiger partial charge in [0.15, 0.2) is 0 Å². The highest BCUT2D eigenvalue weighted by Gasteiger charge is 2.32. The van der Waals surface area contributed by atoms with Crippen molar-refractivity contribution in [1.29, 1.82) is 0 Å². The van der Waals surface area contributed by atoms with Crippen LogP contribution < -0.4 is 19.7 Å². The lowest BCUT2D eigenvalue weighted by Crippen LogP contribution is -2.47. The average Bonchev–Trinajstić information content (AvgIpc) is 3.99. The number of H-pyrrole nitrogens is 1. The van der Waals surface area contributed by atoms with E-state index < -0.39 is 31.4 Å². The maximum absolute atomic E-state index is 14.0. The highest BCUT2D eigenvalue weighted by molar-refractivity contribution is 7.90. The number of likely N-dealkylation sites (tertiary alicyclic amines) is 1. The summed E-state index contributed by atoms with van der Waals surface area (Å²) in [5.41, 5.74) is 5.60. The molecule has 348 valence electrons. The minimum Gasteiger partial charge on any atom is -0.455 e. The van der Waals surface area contributed by atoms with Gasteiger partial charge in [-0.1, -0.05) is 43.2 Å². The van der Waals surface area contributed by atoms with Gasteiger partial charge in [0.25, 0.3) is 21.6 Å². The fourth-order valence-electron chi connectivity index (χ4n) is 9.86. The van der Waals surface area contributed by atoms with Crippen LogP contribution in [0.2, 0.25) is 5.02 Å². The molecular weight excluding hydrogens is 880 g/mol. The van der Waals surface area contributed by atoms with E-state index >= 15 is 0 Å². The van der Waals surface area contributed by atoms with Crippen LogP contribution >= 0.6 is 11.6 Å². The Labute approximate surface area is 390 Å². The van der Waals surface area contributed by atoms with Crippen molar-refractivity contribution in [2.75, 3.05) is 75.8 Å². The van der Waals surface area contributed by atoms with Crippen molar-refractivity contribution in [1.82, 2.24) is 24.5 Å². The third-order valence-electron chi connectivity index (χ3n) is 13.7. The number of pyridine rings is 1. The molecule has 3 aromatic carbocycles. The molecule has 1 atom stereocenters. The minimum absolute atomic E-state index is 0.0313. The number of carbonyl (C=O) groups is 1. The van der Waals surface area contributed by atoms with Crippen molar-refractivity contribution in [2.45, 2.75) is 63.3 Å². The normalized spacial score (nSPS) is 19.9. The number of rotatable bonds is 14. The third kappa shape index (κ3) is 10.5. The van der Waals surface area contributed by atoms with E-state index in [1.165, 1.54) is 35.0 Å². The van der Waals surface area contributed by atoms with Crippen LogP contribution in [0.1, 0.15) is 68.3 Å². The number of amides is 1. The summed E-state index contributed by atoms with van der Waals surface area (Å²) in [5.74, 6) is -0.170. The molecule has 5 heterocycles. The molecule has 4 aliphatic rings. The number of ether oxygens (including phenoxy) is 2. The van der Waals surface area contributed by atoms with Gasteiger partial charge < -0.3 is 24.7 Å². The summed E-state index contributed by atoms with van der Waals surface area (Å²) in [4.78, 5) is 40.0. The fraction of sp³-hybridized carbons (Fsp3) is 0.429. The quantitative estimate of drug-likeness (QED) is 0.0715. The van der Waals surface area contributed by atoms with Gasteiger partial charge in [-0.3, -0.25) is 24.7 Å². The van der Waals surface area contributed by atoms with Crippen molar-refractivity contribution in [3.63, 3.8) is 0 Å². The maximum atomic E-state index is 14.0. The second-order valence-electron chi connectivity index (χ2n) is 18.8. The molecule has 0 spiro atoms. The van der Waals surface area contributed by atoms with Crippen molar-refractivity contribution in [2.24, 2.45) is 11.3 Å². The lowest BCUT2D eigenvalue weighted by atomic mass is 9.72. The van der Waals surface area contributed by atoms with Gasteiger partial charge in [0.05, 0.1) is 21.6 Å². The van der Waals surface area contributed by atoms with Gasteiger partial charge in [-0.05, 0) is 116 Å². The number of aromatic nitrogens is 2. The average molecular weight is 938 g/mol. The third-order valence-corrected chi connectivity index (χ3v) is 15.2. The van der Waals surface area contributed by atoms with Gasteiger partial charge >= 0.3 is 0 Å². The van der Waals surface area contributed by atoms with E-state index in [2.05, 4.69) is 60.7 Å². The zero-order chi connectivity index (χ0) is 46.0. The summed E-state index contributed by atoms with van der Waals surface area (Å²) in [6, 6.07) is 21.1. The van der Waals surface area contributed by atoms with Crippen LogP contribution in [0, 0.1) is 21.4 Å². The van der Waals surface area contributed by atoms with Crippen LogP contribution in [0.25, 0.3) is 16.6 Å². The number of nitro groups is 1. The van der Waals surface area contributed by atoms with Crippen LogP contribution in [0.15, 0.2) is 95.7 Å². The smallest absolute Gasteiger partial charge is 0.293 e. The molecule has 9 rings (SSSR count). The van der Waals surface area contributed by atoms with E-state index in [1.807, 2.05) is 18.2 Å². The number of carbonyl (C=O) groups excluding carboxylic acids is 1. The number of sulfonamides is 1. The topological polar surface area (TPSA) is 175 Å². The Morgan fingerprint density at radius 1 is 1.00 bits per heavy atom. The van der Waals surface area contributed by atoms with Crippen molar-refractivity contribution < 1.29 is 27.6 Å². The molecule has 0 unspecified atom stereocenters. The van der Waals surface area contributed by atoms with Gasteiger partial charge in [0.2, 0.25) is 0 Å². The molecule has 3 saturated heterocycles. The van der Waals surface area contributed by atoms with E-state index in [0.717, 1.165) is 120 Å². The molecule has 0 saturated carbocycles. The molecule has 3 fully saturated rings. The Hall–Kier alpha value is -5.52. The summed E-state index contributed by atoms with van der Waals surface area (Å²) < 4.78 is 41.6. The number of allylic oxidation sites excluding steroid dienone is 1. The van der Waals surface area contributed by atoms with Gasteiger partial charge in [0.1, 0.15) is 22.8 Å². The lowest BCUT2D eigenvalue weighted by molar-refractivity contribution is -0.384. The predicted molar refractivity (Wildman–Crippen MR) is 257 cm³/mol. The first kappa shape index (κ1) is 45.6. The Bertz CT molecular complexity index is 2730. The molecule has 15 nitrogen and oxygen atoms in total. The van der Waals surface area contributed by atoms with Crippen LogP contribution in [0.4, 0.5) is 17.1 Å². The number of aromatic amines is 1. The number of nitro benzene ring substituents is 1. The summed E-state index contributed by atoms with van der Waals surface area (Å²) in [6.07, 6.45) is 9.46. The Kier molecular flexibility index (Phi) is 13.4. The zero-order valence-corrected chi connectivity index (χ0v) is 39.0. The Balaban J connectivity index is 0.900. The van der Waals surface area contributed by atoms with Gasteiger partial charge in [-0.25, -0.2) is 18.1 Å². The number of halogens is 1. The molecule has 66 heavy (non-hydrogen) atoms. The number of piperazine rings is 1. The number of hydrogen-bond donors (Lipinski definition) is 3. The molecule has 0 bridgehead atoms. The largest absolute Gasteiger partial charge is 0.455 e. The number of nitrogens with zero attached hydrogens (tertiary/aromatic N) is 5. The summed E-state index contributed by atoms with van der Waals surface area (Å²) in [5, 5.41) is 17.0. The number of hydrogen-bond acceptors (Lipinski definition) is 12. The fourth-order valence-corrected chi connectivity index (χ4v) is 11.0. The van der Waals surface area contributed by atoms with Crippen LogP contribution in [-0.2, 0) is 14.8 Å². The molecular formula is C49H57ClN8O7S. The number of anilines is 2. The molecule has 17 heteroatoms. The number of nitrogens with one attached hydrogen (secondary N) is 3. The molecule has 2 aromatic heterocycles. The van der Waals surface area contributed by atoms with Crippen LogP contribution in [0.5, 0.6) is 11.5 Å². The Morgan fingerprint density at radius 3 is 2.56 bits per heavy atom. The maximum Gasteiger partial charge on any atom is 0.293 e. The van der Waals surface area contributed by atoms with Gasteiger partial charge in [-0.2, -0.15) is 0 Å². The van der Waals surface area contributed by atoms with Crippen LogP contribution in [0.3, 0.4) is 0 Å². The Morgan fingerprint density at radius 2 is 1.79 bits per heavy atom.